The molecule has 2 aromatic heterocycles. The van der Waals surface area contributed by atoms with E-state index in [1.165, 1.54) is 0 Å². The van der Waals surface area contributed by atoms with Crippen LogP contribution in [0.3, 0.4) is 0 Å². The maximum absolute atomic E-state index is 4.86. The number of aliphatic imine (C=N–C) groups is 1. The van der Waals surface area contributed by atoms with Crippen molar-refractivity contribution in [3.05, 3.63) is 84.2 Å². The van der Waals surface area contributed by atoms with Gasteiger partial charge in [-0.05, 0) is 24.6 Å². The van der Waals surface area contributed by atoms with Gasteiger partial charge in [-0.15, -0.1) is 0 Å². The lowest BCUT2D eigenvalue weighted by Gasteiger charge is -2.20. The fourth-order valence-electron chi connectivity index (χ4n) is 3.34. The summed E-state index contributed by atoms with van der Waals surface area (Å²) in [5.74, 6) is 0.728. The van der Waals surface area contributed by atoms with E-state index in [0.717, 1.165) is 38.9 Å². The van der Waals surface area contributed by atoms with E-state index >= 15 is 0 Å². The lowest BCUT2D eigenvalue weighted by molar-refractivity contribution is 0.398. The van der Waals surface area contributed by atoms with E-state index in [0.29, 0.717) is 0 Å². The quantitative estimate of drug-likeness (QED) is 0.549. The van der Waals surface area contributed by atoms with E-state index in [1.807, 2.05) is 37.3 Å². The van der Waals surface area contributed by atoms with Gasteiger partial charge in [0.2, 0.25) is 0 Å². The van der Waals surface area contributed by atoms with Crippen molar-refractivity contribution in [2.24, 2.45) is 4.99 Å². The predicted molar refractivity (Wildman–Crippen MR) is 104 cm³/mol. The van der Waals surface area contributed by atoms with Crippen molar-refractivity contribution in [1.29, 1.82) is 0 Å². The van der Waals surface area contributed by atoms with E-state index in [2.05, 4.69) is 52.2 Å². The molecule has 0 saturated carbocycles. The molecule has 5 rings (SSSR count). The monoisotopic (exact) mass is 339 g/mol. The molecule has 0 bridgehead atoms. The summed E-state index contributed by atoms with van der Waals surface area (Å²) in [6.45, 7) is 2.04. The second kappa shape index (κ2) is 5.61. The van der Waals surface area contributed by atoms with Crippen molar-refractivity contribution in [3.63, 3.8) is 0 Å². The van der Waals surface area contributed by atoms with Gasteiger partial charge in [0, 0.05) is 17.0 Å². The van der Waals surface area contributed by atoms with E-state index in [-0.39, 0.29) is 0 Å². The summed E-state index contributed by atoms with van der Waals surface area (Å²) in [6, 6.07) is 22.4. The van der Waals surface area contributed by atoms with Gasteiger partial charge < -0.3 is 5.43 Å². The molecule has 1 aliphatic heterocycles. The highest BCUT2D eigenvalue weighted by Gasteiger charge is 2.32. The minimum absolute atomic E-state index is 0.524. The summed E-state index contributed by atoms with van der Waals surface area (Å²) in [5.41, 5.74) is 9.62. The fourth-order valence-corrected chi connectivity index (χ4v) is 3.34. The van der Waals surface area contributed by atoms with Crippen LogP contribution in [0.2, 0.25) is 0 Å². The van der Waals surface area contributed by atoms with E-state index in [1.54, 1.807) is 6.20 Å². The van der Waals surface area contributed by atoms with Crippen LogP contribution >= 0.6 is 0 Å². The Balaban J connectivity index is 1.63. The molecule has 0 aliphatic carbocycles. The highest BCUT2D eigenvalue weighted by atomic mass is 15.5. The smallest absolute Gasteiger partial charge is 0.164 e. The van der Waals surface area contributed by atoms with Crippen LogP contribution in [-0.4, -0.2) is 15.8 Å². The number of hydrazine groups is 1. The number of nitrogens with one attached hydrogen (secondary N) is 2. The maximum atomic E-state index is 4.86. The average molecular weight is 339 g/mol. The number of pyridine rings is 2. The first kappa shape index (κ1) is 15.0. The molecule has 26 heavy (non-hydrogen) atoms. The fraction of sp³-hybridized carbons (Fsp3) is 0.0952. The molecule has 0 radical (unpaired) electrons. The number of hydrogen-bond acceptors (Lipinski definition) is 5. The number of nitrogens with zero attached hydrogens (tertiary/aromatic N) is 3. The van der Waals surface area contributed by atoms with E-state index in [9.17, 15) is 0 Å². The van der Waals surface area contributed by atoms with Crippen LogP contribution in [0, 0.1) is 0 Å². The van der Waals surface area contributed by atoms with Crippen molar-refractivity contribution >= 4 is 27.6 Å². The third-order valence-electron chi connectivity index (χ3n) is 4.77. The zero-order chi connectivity index (χ0) is 17.6. The Morgan fingerprint density at radius 1 is 0.808 bits per heavy atom. The number of benzene rings is 2. The molecular formula is C21H17N5. The Hall–Kier alpha value is -3.31. The number of hydrogen-bond donors (Lipinski definition) is 2. The Kier molecular flexibility index (Phi) is 3.23. The van der Waals surface area contributed by atoms with Gasteiger partial charge in [-0.3, -0.25) is 4.98 Å². The largest absolute Gasteiger partial charge is 0.302 e. The second-order valence-corrected chi connectivity index (χ2v) is 6.56. The minimum Gasteiger partial charge on any atom is -0.302 e. The SMILES string of the molecule is CC1(c2ccccc2)N=C(c2ccc3ccc4cccnc4c3n2)NN1. The van der Waals surface area contributed by atoms with Gasteiger partial charge in [0.1, 0.15) is 5.69 Å². The van der Waals surface area contributed by atoms with Crippen LogP contribution in [0.15, 0.2) is 77.9 Å². The Morgan fingerprint density at radius 3 is 2.42 bits per heavy atom. The zero-order valence-corrected chi connectivity index (χ0v) is 14.3. The highest BCUT2D eigenvalue weighted by Crippen LogP contribution is 2.26. The molecule has 1 unspecified atom stereocenters. The number of aromatic nitrogens is 2. The molecular weight excluding hydrogens is 322 g/mol. The van der Waals surface area contributed by atoms with Crippen molar-refractivity contribution in [2.75, 3.05) is 0 Å². The third kappa shape index (κ3) is 2.33. The Labute approximate surface area is 150 Å². The van der Waals surface area contributed by atoms with Gasteiger partial charge >= 0.3 is 0 Å². The van der Waals surface area contributed by atoms with Crippen LogP contribution in [0.25, 0.3) is 21.8 Å². The molecule has 0 spiro atoms. The van der Waals surface area contributed by atoms with Crippen LogP contribution in [0.1, 0.15) is 18.2 Å². The van der Waals surface area contributed by atoms with Crippen molar-refractivity contribution in [2.45, 2.75) is 12.6 Å². The maximum Gasteiger partial charge on any atom is 0.164 e. The zero-order valence-electron chi connectivity index (χ0n) is 14.3. The van der Waals surface area contributed by atoms with Crippen LogP contribution in [-0.2, 0) is 5.66 Å². The minimum atomic E-state index is -0.524. The topological polar surface area (TPSA) is 62.2 Å². The van der Waals surface area contributed by atoms with Gasteiger partial charge in [-0.25, -0.2) is 15.4 Å². The predicted octanol–water partition coefficient (Wildman–Crippen LogP) is 3.51. The second-order valence-electron chi connectivity index (χ2n) is 6.56. The molecule has 5 heteroatoms. The van der Waals surface area contributed by atoms with Crippen molar-refractivity contribution in [1.82, 2.24) is 20.8 Å². The third-order valence-corrected chi connectivity index (χ3v) is 4.77. The van der Waals surface area contributed by atoms with Gasteiger partial charge in [-0.1, -0.05) is 54.6 Å². The van der Waals surface area contributed by atoms with Crippen LogP contribution in [0.5, 0.6) is 0 Å². The summed E-state index contributed by atoms with van der Waals surface area (Å²) < 4.78 is 0. The number of rotatable bonds is 2. The number of amidine groups is 1. The summed E-state index contributed by atoms with van der Waals surface area (Å²) in [7, 11) is 0. The molecule has 126 valence electrons. The van der Waals surface area contributed by atoms with Gasteiger partial charge in [0.25, 0.3) is 0 Å². The van der Waals surface area contributed by atoms with Gasteiger partial charge in [-0.2, -0.15) is 0 Å². The molecule has 1 atom stereocenters. The molecule has 0 amide bonds. The van der Waals surface area contributed by atoms with Crippen molar-refractivity contribution in [3.8, 4) is 0 Å². The first-order chi connectivity index (χ1) is 12.7. The van der Waals surface area contributed by atoms with Gasteiger partial charge in [0.05, 0.1) is 11.0 Å². The van der Waals surface area contributed by atoms with E-state index in [4.69, 9.17) is 9.98 Å². The molecule has 3 heterocycles. The molecule has 0 fully saturated rings. The standard InChI is InChI=1S/C21H17N5/c1-21(16-7-3-2-4-8-16)24-20(25-26-21)17-12-11-15-10-9-14-6-5-13-22-18(14)19(15)23-17/h2-13,26H,1H3,(H,24,25). The lowest BCUT2D eigenvalue weighted by atomic mass is 10.0. The molecule has 5 nitrogen and oxygen atoms in total. The lowest BCUT2D eigenvalue weighted by Crippen LogP contribution is -2.41. The molecule has 2 N–H and O–H groups in total. The summed E-state index contributed by atoms with van der Waals surface area (Å²) in [6.07, 6.45) is 1.80. The summed E-state index contributed by atoms with van der Waals surface area (Å²) >= 11 is 0. The summed E-state index contributed by atoms with van der Waals surface area (Å²) in [4.78, 5) is 14.2. The molecule has 4 aromatic rings. The number of fused-ring (bicyclic) bond motifs is 3. The molecule has 0 saturated heterocycles. The van der Waals surface area contributed by atoms with Crippen LogP contribution < -0.4 is 10.9 Å². The molecule has 2 aromatic carbocycles. The van der Waals surface area contributed by atoms with Crippen molar-refractivity contribution < 1.29 is 0 Å². The first-order valence-corrected chi connectivity index (χ1v) is 8.56. The average Bonchev–Trinajstić information content (AvgIpc) is 3.12. The highest BCUT2D eigenvalue weighted by molar-refractivity contribution is 6.05. The Bertz CT molecular complexity index is 1150. The first-order valence-electron chi connectivity index (χ1n) is 8.56. The normalized spacial score (nSPS) is 19.5. The van der Waals surface area contributed by atoms with Crippen LogP contribution in [0.4, 0.5) is 0 Å². The van der Waals surface area contributed by atoms with E-state index < -0.39 is 5.66 Å². The molecule has 1 aliphatic rings. The van der Waals surface area contributed by atoms with Gasteiger partial charge in [0.15, 0.2) is 11.5 Å². The summed E-state index contributed by atoms with van der Waals surface area (Å²) in [5, 5.41) is 2.15. The Morgan fingerprint density at radius 2 is 1.58 bits per heavy atom.